The van der Waals surface area contributed by atoms with Gasteiger partial charge in [-0.3, -0.25) is 9.59 Å². The van der Waals surface area contributed by atoms with Crippen LogP contribution in [0.1, 0.15) is 24.2 Å². The van der Waals surface area contributed by atoms with Crippen molar-refractivity contribution >= 4 is 11.8 Å². The number of benzene rings is 1. The zero-order valence-electron chi connectivity index (χ0n) is 8.69. The summed E-state index contributed by atoms with van der Waals surface area (Å²) in [5, 5.41) is 0. The van der Waals surface area contributed by atoms with E-state index in [4.69, 9.17) is 4.74 Å². The molecule has 0 aliphatic rings. The third-order valence-corrected chi connectivity index (χ3v) is 1.72. The normalized spacial score (nSPS) is 10.3. The second kappa shape index (κ2) is 5.10. The van der Waals surface area contributed by atoms with E-state index in [1.807, 2.05) is 0 Å². The minimum Gasteiger partial charge on any atom is -0.426 e. The Bertz CT molecular complexity index is 405. The number of rotatable bonds is 3. The molecule has 3 heteroatoms. The van der Waals surface area contributed by atoms with Crippen LogP contribution >= 0.6 is 0 Å². The summed E-state index contributed by atoms with van der Waals surface area (Å²) in [5.74, 6) is -0.307. The Morgan fingerprint density at radius 3 is 2.53 bits per heavy atom. The summed E-state index contributed by atoms with van der Waals surface area (Å²) in [5.41, 5.74) is 0.394. The summed E-state index contributed by atoms with van der Waals surface area (Å²) < 4.78 is 4.92. The molecule has 0 spiro atoms. The Morgan fingerprint density at radius 1 is 1.27 bits per heavy atom. The van der Waals surface area contributed by atoms with Crippen LogP contribution in [-0.4, -0.2) is 11.8 Å². The molecule has 0 aromatic heterocycles. The van der Waals surface area contributed by atoms with E-state index < -0.39 is 5.97 Å². The smallest absolute Gasteiger partial charge is 0.308 e. The number of para-hydroxylation sites is 1. The Hall–Kier alpha value is -1.90. The van der Waals surface area contributed by atoms with Crippen molar-refractivity contribution in [3.63, 3.8) is 0 Å². The van der Waals surface area contributed by atoms with Gasteiger partial charge < -0.3 is 4.74 Å². The lowest BCUT2D eigenvalue weighted by Gasteiger charge is -2.05. The summed E-state index contributed by atoms with van der Waals surface area (Å²) in [7, 11) is 0. The molecule has 0 aliphatic heterocycles. The zero-order valence-corrected chi connectivity index (χ0v) is 8.69. The van der Waals surface area contributed by atoms with Gasteiger partial charge in [-0.05, 0) is 25.1 Å². The molecule has 1 rings (SSSR count). The Balaban J connectivity index is 3.05. The first-order chi connectivity index (χ1) is 7.15. The number of ketones is 1. The first kappa shape index (κ1) is 11.2. The summed E-state index contributed by atoms with van der Waals surface area (Å²) >= 11 is 0. The fourth-order valence-electron chi connectivity index (χ4n) is 1.16. The van der Waals surface area contributed by atoms with Gasteiger partial charge in [0.2, 0.25) is 0 Å². The second-order valence-electron chi connectivity index (χ2n) is 2.95. The summed E-state index contributed by atoms with van der Waals surface area (Å²) in [6.07, 6.45) is 3.08. The van der Waals surface area contributed by atoms with Crippen LogP contribution in [0.15, 0.2) is 36.4 Å². The molecule has 0 aliphatic carbocycles. The monoisotopic (exact) mass is 204 g/mol. The molecule has 0 N–H and O–H groups in total. The van der Waals surface area contributed by atoms with E-state index in [-0.39, 0.29) is 5.78 Å². The highest BCUT2D eigenvalue weighted by atomic mass is 16.5. The predicted octanol–water partition coefficient (Wildman–Crippen LogP) is 2.37. The minimum atomic E-state index is -0.435. The van der Waals surface area contributed by atoms with Gasteiger partial charge in [0, 0.05) is 6.92 Å². The van der Waals surface area contributed by atoms with E-state index in [0.717, 1.165) is 0 Å². The molecule has 0 amide bonds. The number of allylic oxidation sites excluding steroid dienone is 2. The van der Waals surface area contributed by atoms with Crippen LogP contribution in [0.2, 0.25) is 0 Å². The van der Waals surface area contributed by atoms with E-state index in [2.05, 4.69) is 0 Å². The van der Waals surface area contributed by atoms with E-state index in [9.17, 15) is 9.59 Å². The van der Waals surface area contributed by atoms with Crippen molar-refractivity contribution in [2.45, 2.75) is 13.8 Å². The predicted molar refractivity (Wildman–Crippen MR) is 56.9 cm³/mol. The standard InChI is InChI=1S/C12H12O3/c1-3-6-11(14)10-7-4-5-8-12(10)15-9(2)13/h3-8H,1-2H3/b6-3+. The largest absolute Gasteiger partial charge is 0.426 e. The molecule has 3 nitrogen and oxygen atoms in total. The van der Waals surface area contributed by atoms with Crippen molar-refractivity contribution < 1.29 is 14.3 Å². The number of hydrogen-bond donors (Lipinski definition) is 0. The molecular formula is C12H12O3. The Labute approximate surface area is 88.4 Å². The number of carbonyl (C=O) groups is 2. The molecule has 0 saturated heterocycles. The summed E-state index contributed by atoms with van der Waals surface area (Å²) in [6.45, 7) is 3.06. The summed E-state index contributed by atoms with van der Waals surface area (Å²) in [4.78, 5) is 22.4. The highest BCUT2D eigenvalue weighted by molar-refractivity contribution is 6.06. The van der Waals surface area contributed by atoms with Crippen LogP contribution in [0.25, 0.3) is 0 Å². The molecule has 15 heavy (non-hydrogen) atoms. The highest BCUT2D eigenvalue weighted by Gasteiger charge is 2.10. The average Bonchev–Trinajstić information content (AvgIpc) is 2.18. The van der Waals surface area contributed by atoms with Gasteiger partial charge in [-0.2, -0.15) is 0 Å². The van der Waals surface area contributed by atoms with Crippen molar-refractivity contribution in [1.29, 1.82) is 0 Å². The fraction of sp³-hybridized carbons (Fsp3) is 0.167. The first-order valence-corrected chi connectivity index (χ1v) is 4.59. The first-order valence-electron chi connectivity index (χ1n) is 4.59. The zero-order chi connectivity index (χ0) is 11.3. The molecule has 0 saturated carbocycles. The van der Waals surface area contributed by atoms with Crippen LogP contribution in [0.3, 0.4) is 0 Å². The van der Waals surface area contributed by atoms with Crippen molar-refractivity contribution in [3.05, 3.63) is 42.0 Å². The minimum absolute atomic E-state index is 0.172. The van der Waals surface area contributed by atoms with Crippen LogP contribution < -0.4 is 4.74 Å². The van der Waals surface area contributed by atoms with Crippen molar-refractivity contribution in [3.8, 4) is 5.75 Å². The molecule has 1 aromatic carbocycles. The lowest BCUT2D eigenvalue weighted by Crippen LogP contribution is -2.06. The number of esters is 1. The molecule has 0 radical (unpaired) electrons. The topological polar surface area (TPSA) is 43.4 Å². The maximum absolute atomic E-state index is 11.6. The maximum atomic E-state index is 11.6. The lowest BCUT2D eigenvalue weighted by atomic mass is 10.1. The van der Waals surface area contributed by atoms with Gasteiger partial charge in [-0.1, -0.05) is 18.2 Å². The third kappa shape index (κ3) is 3.06. The van der Waals surface area contributed by atoms with Gasteiger partial charge in [-0.25, -0.2) is 0 Å². The quantitative estimate of drug-likeness (QED) is 0.328. The van der Waals surface area contributed by atoms with Crippen LogP contribution in [0.5, 0.6) is 5.75 Å². The Kier molecular flexibility index (Phi) is 3.80. The van der Waals surface area contributed by atoms with Gasteiger partial charge in [0.05, 0.1) is 5.56 Å². The molecule has 78 valence electrons. The van der Waals surface area contributed by atoms with Crippen molar-refractivity contribution in [2.75, 3.05) is 0 Å². The van der Waals surface area contributed by atoms with Gasteiger partial charge in [0.25, 0.3) is 0 Å². The Morgan fingerprint density at radius 2 is 1.93 bits per heavy atom. The highest BCUT2D eigenvalue weighted by Crippen LogP contribution is 2.18. The second-order valence-corrected chi connectivity index (χ2v) is 2.95. The number of hydrogen-bond acceptors (Lipinski definition) is 3. The SMILES string of the molecule is C/C=C/C(=O)c1ccccc1OC(C)=O. The van der Waals surface area contributed by atoms with Gasteiger partial charge in [-0.15, -0.1) is 0 Å². The number of carbonyl (C=O) groups excluding carboxylic acids is 2. The molecule has 1 aromatic rings. The van der Waals surface area contributed by atoms with Crippen LogP contribution in [0.4, 0.5) is 0 Å². The van der Waals surface area contributed by atoms with Crippen molar-refractivity contribution in [1.82, 2.24) is 0 Å². The molecule has 0 bridgehead atoms. The van der Waals surface area contributed by atoms with Gasteiger partial charge in [0.15, 0.2) is 5.78 Å². The molecule has 0 fully saturated rings. The van der Waals surface area contributed by atoms with Gasteiger partial charge >= 0.3 is 5.97 Å². The molecule has 0 atom stereocenters. The van der Waals surface area contributed by atoms with E-state index >= 15 is 0 Å². The number of ether oxygens (including phenoxy) is 1. The average molecular weight is 204 g/mol. The summed E-state index contributed by atoms with van der Waals surface area (Å²) in [6, 6.07) is 6.66. The van der Waals surface area contributed by atoms with Crippen LogP contribution in [-0.2, 0) is 4.79 Å². The molecular weight excluding hydrogens is 192 g/mol. The van der Waals surface area contributed by atoms with Crippen LogP contribution in [0, 0.1) is 0 Å². The lowest BCUT2D eigenvalue weighted by molar-refractivity contribution is -0.131. The maximum Gasteiger partial charge on any atom is 0.308 e. The van der Waals surface area contributed by atoms with Gasteiger partial charge in [0.1, 0.15) is 5.75 Å². The molecule has 0 heterocycles. The van der Waals surface area contributed by atoms with Crippen molar-refractivity contribution in [2.24, 2.45) is 0 Å². The van der Waals surface area contributed by atoms with E-state index in [1.165, 1.54) is 13.0 Å². The molecule has 0 unspecified atom stereocenters. The fourth-order valence-corrected chi connectivity index (χ4v) is 1.16. The van der Waals surface area contributed by atoms with E-state index in [0.29, 0.717) is 11.3 Å². The van der Waals surface area contributed by atoms with E-state index in [1.54, 1.807) is 37.3 Å². The third-order valence-electron chi connectivity index (χ3n) is 1.72.